The lowest BCUT2D eigenvalue weighted by Crippen LogP contribution is -2.53. The summed E-state index contributed by atoms with van der Waals surface area (Å²) in [7, 11) is 0. The first kappa shape index (κ1) is 15.8. The van der Waals surface area contributed by atoms with E-state index in [1.165, 1.54) is 0 Å². The Balaban J connectivity index is 1.77. The average Bonchev–Trinajstić information content (AvgIpc) is 2.90. The van der Waals surface area contributed by atoms with Crippen molar-refractivity contribution in [1.29, 1.82) is 0 Å². The molecule has 21 heavy (non-hydrogen) atoms. The fourth-order valence-corrected chi connectivity index (χ4v) is 2.46. The second kappa shape index (κ2) is 6.46. The Hall–Kier alpha value is -1.57. The van der Waals surface area contributed by atoms with Crippen LogP contribution in [0, 0.1) is 5.92 Å². The Kier molecular flexibility index (Phi) is 4.87. The van der Waals surface area contributed by atoms with E-state index in [4.69, 9.17) is 0 Å². The van der Waals surface area contributed by atoms with Crippen LogP contribution in [0.2, 0.25) is 0 Å². The van der Waals surface area contributed by atoms with Crippen LogP contribution in [0.3, 0.4) is 0 Å². The number of alkyl halides is 3. The molecule has 1 aliphatic rings. The number of carbonyl (C=O) groups excluding carboxylic acids is 1. The number of nitrogens with zero attached hydrogens (tertiary/aromatic N) is 2. The zero-order valence-corrected chi connectivity index (χ0v) is 11.7. The molecule has 1 amide bonds. The summed E-state index contributed by atoms with van der Waals surface area (Å²) in [6, 6.07) is -0.664. The van der Waals surface area contributed by atoms with Crippen molar-refractivity contribution >= 4 is 5.91 Å². The molecule has 1 saturated heterocycles. The molecule has 2 N–H and O–H groups in total. The maximum Gasteiger partial charge on any atom is 0.393 e. The Morgan fingerprint density at radius 1 is 1.52 bits per heavy atom. The zero-order chi connectivity index (χ0) is 15.5. The third kappa shape index (κ3) is 4.45. The fourth-order valence-electron chi connectivity index (χ4n) is 2.46. The number of amides is 1. The second-order valence-corrected chi connectivity index (χ2v) is 5.45. The highest BCUT2D eigenvalue weighted by atomic mass is 19.4. The number of rotatable bonds is 4. The lowest BCUT2D eigenvalue weighted by atomic mass is 9.94. The number of hydrogen-bond donors (Lipinski definition) is 2. The van der Waals surface area contributed by atoms with E-state index in [9.17, 15) is 18.0 Å². The number of aromatic nitrogens is 2. The predicted molar refractivity (Wildman–Crippen MR) is 70.4 cm³/mol. The van der Waals surface area contributed by atoms with Crippen LogP contribution in [-0.4, -0.2) is 40.3 Å². The van der Waals surface area contributed by atoms with Crippen molar-refractivity contribution in [2.75, 3.05) is 6.54 Å². The minimum atomic E-state index is -4.19. The van der Waals surface area contributed by atoms with Crippen LogP contribution in [-0.2, 0) is 11.3 Å². The molecule has 0 aromatic carbocycles. The minimum absolute atomic E-state index is 0.00944. The van der Waals surface area contributed by atoms with Crippen LogP contribution >= 0.6 is 0 Å². The maximum atomic E-state index is 12.5. The molecule has 0 radical (unpaired) electrons. The Labute approximate surface area is 120 Å². The molecule has 118 valence electrons. The van der Waals surface area contributed by atoms with Gasteiger partial charge in [0.05, 0.1) is 18.3 Å². The maximum absolute atomic E-state index is 12.5. The van der Waals surface area contributed by atoms with Crippen LogP contribution in [0.4, 0.5) is 13.2 Å². The Bertz CT molecular complexity index is 452. The first-order valence-electron chi connectivity index (χ1n) is 6.92. The van der Waals surface area contributed by atoms with E-state index in [2.05, 4.69) is 15.6 Å². The standard InChI is InChI=1S/C13H19F3N4O/c1-9(7-20-5-4-17-8-20)19-12(21)11-3-2-10(6-18-11)13(14,15)16/h4-5,8-11,18H,2-3,6-7H2,1H3,(H,19,21). The SMILES string of the molecule is CC(Cn1ccnc1)NC(=O)C1CCC(C(F)(F)F)CN1. The van der Waals surface area contributed by atoms with Crippen molar-refractivity contribution in [2.24, 2.45) is 5.92 Å². The molecule has 2 heterocycles. The number of halogens is 3. The van der Waals surface area contributed by atoms with Gasteiger partial charge >= 0.3 is 6.18 Å². The highest BCUT2D eigenvalue weighted by Crippen LogP contribution is 2.31. The van der Waals surface area contributed by atoms with E-state index in [0.29, 0.717) is 6.54 Å². The van der Waals surface area contributed by atoms with Gasteiger partial charge in [0.1, 0.15) is 0 Å². The molecule has 1 aromatic heterocycles. The quantitative estimate of drug-likeness (QED) is 0.882. The van der Waals surface area contributed by atoms with Crippen LogP contribution in [0.15, 0.2) is 18.7 Å². The third-order valence-electron chi connectivity index (χ3n) is 3.63. The molecule has 3 unspecified atom stereocenters. The Morgan fingerprint density at radius 2 is 2.29 bits per heavy atom. The summed E-state index contributed by atoms with van der Waals surface area (Å²) < 4.78 is 39.5. The van der Waals surface area contributed by atoms with Crippen molar-refractivity contribution in [2.45, 2.75) is 44.6 Å². The van der Waals surface area contributed by atoms with Gasteiger partial charge in [-0.2, -0.15) is 13.2 Å². The second-order valence-electron chi connectivity index (χ2n) is 5.45. The third-order valence-corrected chi connectivity index (χ3v) is 3.63. The van der Waals surface area contributed by atoms with Gasteiger partial charge in [-0.05, 0) is 19.8 Å². The monoisotopic (exact) mass is 304 g/mol. The van der Waals surface area contributed by atoms with Gasteiger partial charge in [-0.3, -0.25) is 4.79 Å². The van der Waals surface area contributed by atoms with Gasteiger partial charge in [0.15, 0.2) is 0 Å². The topological polar surface area (TPSA) is 59.0 Å². The number of imidazole rings is 1. The number of piperidine rings is 1. The number of carbonyl (C=O) groups is 1. The Morgan fingerprint density at radius 3 is 2.81 bits per heavy atom. The summed E-state index contributed by atoms with van der Waals surface area (Å²) in [5.74, 6) is -1.60. The summed E-state index contributed by atoms with van der Waals surface area (Å²) in [5.41, 5.74) is 0. The van der Waals surface area contributed by atoms with E-state index in [1.807, 2.05) is 11.5 Å². The summed E-state index contributed by atoms with van der Waals surface area (Å²) >= 11 is 0. The van der Waals surface area contributed by atoms with E-state index in [0.717, 1.165) is 0 Å². The molecular weight excluding hydrogens is 285 g/mol. The summed E-state index contributed by atoms with van der Waals surface area (Å²) in [6.07, 6.45) is 1.08. The van der Waals surface area contributed by atoms with Crippen molar-refractivity contribution < 1.29 is 18.0 Å². The fraction of sp³-hybridized carbons (Fsp3) is 0.692. The van der Waals surface area contributed by atoms with Gasteiger partial charge in [0.2, 0.25) is 5.91 Å². The summed E-state index contributed by atoms with van der Waals surface area (Å²) in [4.78, 5) is 15.9. The van der Waals surface area contributed by atoms with E-state index >= 15 is 0 Å². The van der Waals surface area contributed by atoms with Crippen molar-refractivity contribution in [1.82, 2.24) is 20.2 Å². The van der Waals surface area contributed by atoms with Crippen molar-refractivity contribution in [3.05, 3.63) is 18.7 Å². The highest BCUT2D eigenvalue weighted by Gasteiger charge is 2.42. The van der Waals surface area contributed by atoms with Crippen LogP contribution in [0.1, 0.15) is 19.8 Å². The first-order chi connectivity index (χ1) is 9.86. The molecule has 5 nitrogen and oxygen atoms in total. The lowest BCUT2D eigenvalue weighted by Gasteiger charge is -2.31. The lowest BCUT2D eigenvalue weighted by molar-refractivity contribution is -0.180. The molecule has 3 atom stereocenters. The van der Waals surface area contributed by atoms with E-state index in [-0.39, 0.29) is 31.3 Å². The van der Waals surface area contributed by atoms with Gasteiger partial charge in [-0.25, -0.2) is 4.98 Å². The molecule has 2 rings (SSSR count). The minimum Gasteiger partial charge on any atom is -0.350 e. The molecule has 0 spiro atoms. The highest BCUT2D eigenvalue weighted by molar-refractivity contribution is 5.82. The van der Waals surface area contributed by atoms with Gasteiger partial charge in [0.25, 0.3) is 0 Å². The molecule has 8 heteroatoms. The molecule has 1 aromatic rings. The van der Waals surface area contributed by atoms with Gasteiger partial charge in [0, 0.05) is 31.5 Å². The molecule has 0 bridgehead atoms. The van der Waals surface area contributed by atoms with E-state index < -0.39 is 18.1 Å². The average molecular weight is 304 g/mol. The van der Waals surface area contributed by atoms with Crippen LogP contribution in [0.25, 0.3) is 0 Å². The molecule has 0 saturated carbocycles. The van der Waals surface area contributed by atoms with E-state index in [1.54, 1.807) is 18.7 Å². The van der Waals surface area contributed by atoms with Crippen molar-refractivity contribution in [3.8, 4) is 0 Å². The predicted octanol–water partition coefficient (Wildman–Crippen LogP) is 1.32. The zero-order valence-electron chi connectivity index (χ0n) is 11.7. The van der Waals surface area contributed by atoms with Crippen LogP contribution < -0.4 is 10.6 Å². The molecule has 0 aliphatic carbocycles. The normalized spacial score (nSPS) is 24.6. The summed E-state index contributed by atoms with van der Waals surface area (Å²) in [6.45, 7) is 2.22. The van der Waals surface area contributed by atoms with Gasteiger partial charge in [-0.1, -0.05) is 0 Å². The summed E-state index contributed by atoms with van der Waals surface area (Å²) in [5, 5.41) is 5.50. The number of hydrogen-bond acceptors (Lipinski definition) is 3. The molecular formula is C13H19F3N4O. The number of nitrogens with one attached hydrogen (secondary N) is 2. The van der Waals surface area contributed by atoms with Gasteiger partial charge < -0.3 is 15.2 Å². The first-order valence-corrected chi connectivity index (χ1v) is 6.92. The molecule has 1 aliphatic heterocycles. The molecule has 1 fully saturated rings. The largest absolute Gasteiger partial charge is 0.393 e. The smallest absolute Gasteiger partial charge is 0.350 e. The van der Waals surface area contributed by atoms with Crippen LogP contribution in [0.5, 0.6) is 0 Å². The van der Waals surface area contributed by atoms with Crippen molar-refractivity contribution in [3.63, 3.8) is 0 Å². The van der Waals surface area contributed by atoms with Gasteiger partial charge in [-0.15, -0.1) is 0 Å².